The first-order valence-corrected chi connectivity index (χ1v) is 7.92. The minimum atomic E-state index is -0.348. The number of nitrogens with zero attached hydrogens (tertiary/aromatic N) is 5. The van der Waals surface area contributed by atoms with Crippen molar-refractivity contribution in [3.8, 4) is 17.5 Å². The molecule has 0 bridgehead atoms. The fraction of sp³-hybridized carbons (Fsp3) is 0.235. The van der Waals surface area contributed by atoms with Crippen LogP contribution in [0.4, 0.5) is 5.95 Å². The number of carbonyl (C=O) groups is 1. The van der Waals surface area contributed by atoms with Gasteiger partial charge in [-0.25, -0.2) is 0 Å². The summed E-state index contributed by atoms with van der Waals surface area (Å²) >= 11 is 0. The Hall–Kier alpha value is -3.47. The second kappa shape index (κ2) is 5.87. The van der Waals surface area contributed by atoms with Gasteiger partial charge in [-0.3, -0.25) is 19.9 Å². The highest BCUT2D eigenvalue weighted by Gasteiger charge is 2.28. The highest BCUT2D eigenvalue weighted by molar-refractivity contribution is 6.02. The summed E-state index contributed by atoms with van der Waals surface area (Å²) < 4.78 is 1.75. The lowest BCUT2D eigenvalue weighted by Gasteiger charge is -1.97. The van der Waals surface area contributed by atoms with Gasteiger partial charge < -0.3 is 0 Å². The molecule has 25 heavy (non-hydrogen) atoms. The summed E-state index contributed by atoms with van der Waals surface area (Å²) in [5, 5.41) is 22.6. The van der Waals surface area contributed by atoms with Crippen molar-refractivity contribution in [2.75, 3.05) is 5.32 Å². The van der Waals surface area contributed by atoms with E-state index in [-0.39, 0.29) is 11.9 Å². The van der Waals surface area contributed by atoms with E-state index in [9.17, 15) is 4.79 Å². The van der Waals surface area contributed by atoms with Crippen molar-refractivity contribution in [3.05, 3.63) is 47.3 Å². The predicted octanol–water partition coefficient (Wildman–Crippen LogP) is 2.21. The van der Waals surface area contributed by atoms with Crippen LogP contribution >= 0.6 is 0 Å². The number of carbonyl (C=O) groups excluding carboxylic acids is 1. The van der Waals surface area contributed by atoms with E-state index in [0.29, 0.717) is 23.0 Å². The average Bonchev–Trinajstić information content (AvgIpc) is 3.23. The van der Waals surface area contributed by atoms with Crippen molar-refractivity contribution in [1.29, 1.82) is 5.26 Å². The molecule has 8 heteroatoms. The summed E-state index contributed by atoms with van der Waals surface area (Å²) in [5.41, 5.74) is 2.68. The highest BCUT2D eigenvalue weighted by Crippen LogP contribution is 2.39. The molecule has 0 saturated heterocycles. The quantitative estimate of drug-likeness (QED) is 0.760. The van der Waals surface area contributed by atoms with E-state index in [1.165, 1.54) is 0 Å². The number of aromatic amines is 1. The normalized spacial score (nSPS) is 13.4. The number of rotatable bonds is 4. The summed E-state index contributed by atoms with van der Waals surface area (Å²) in [6, 6.07) is 10.9. The van der Waals surface area contributed by atoms with E-state index >= 15 is 0 Å². The molecule has 3 aromatic rings. The molecule has 1 aliphatic carbocycles. The molecular formula is C17H15N7O. The molecule has 2 N–H and O–H groups in total. The van der Waals surface area contributed by atoms with Gasteiger partial charge in [-0.05, 0) is 31.0 Å². The summed E-state index contributed by atoms with van der Waals surface area (Å²) in [6.45, 7) is 0. The number of aryl methyl sites for hydroxylation is 1. The Morgan fingerprint density at radius 2 is 2.24 bits per heavy atom. The number of benzene rings is 1. The number of H-pyrrole nitrogens is 1. The van der Waals surface area contributed by atoms with Crippen LogP contribution in [0.5, 0.6) is 0 Å². The number of nitriles is 1. The van der Waals surface area contributed by atoms with Gasteiger partial charge in [0.25, 0.3) is 5.91 Å². The molecule has 1 aliphatic rings. The summed E-state index contributed by atoms with van der Waals surface area (Å²) in [5.74, 6) is 0.813. The summed E-state index contributed by atoms with van der Waals surface area (Å²) in [7, 11) is 1.84. The smallest absolute Gasteiger partial charge is 0.278 e. The molecule has 1 fully saturated rings. The standard InChI is InChI=1S/C17H15N7O/c1-24-14(11-5-6-11)8-13(23-24)16(25)20-17-19-15(21-22-17)12-4-2-3-10(7-12)9-18/h2-4,7-8,11H,5-6H2,1H3,(H2,19,20,21,22,25). The Morgan fingerprint density at radius 3 is 3.00 bits per heavy atom. The SMILES string of the molecule is Cn1nc(C(=O)Nc2n[nH]c(-c3cccc(C#N)c3)n2)cc1C1CC1. The van der Waals surface area contributed by atoms with Gasteiger partial charge in [0.05, 0.1) is 11.6 Å². The fourth-order valence-electron chi connectivity index (χ4n) is 2.70. The molecule has 2 heterocycles. The summed E-state index contributed by atoms with van der Waals surface area (Å²) in [4.78, 5) is 16.6. The Balaban J connectivity index is 1.51. The number of amides is 1. The summed E-state index contributed by atoms with van der Waals surface area (Å²) in [6.07, 6.45) is 2.29. The van der Waals surface area contributed by atoms with Crippen molar-refractivity contribution in [2.24, 2.45) is 7.05 Å². The van der Waals surface area contributed by atoms with Gasteiger partial charge in [0.1, 0.15) is 0 Å². The lowest BCUT2D eigenvalue weighted by atomic mass is 10.1. The minimum absolute atomic E-state index is 0.168. The van der Waals surface area contributed by atoms with E-state index in [1.54, 1.807) is 22.9 Å². The molecule has 0 spiro atoms. The van der Waals surface area contributed by atoms with Gasteiger partial charge in [-0.15, -0.1) is 5.10 Å². The topological polar surface area (TPSA) is 112 Å². The van der Waals surface area contributed by atoms with Crippen LogP contribution in [-0.2, 0) is 7.05 Å². The molecule has 0 atom stereocenters. The molecule has 0 aliphatic heterocycles. The molecule has 1 aromatic carbocycles. The zero-order valence-corrected chi connectivity index (χ0v) is 13.5. The number of anilines is 1. The lowest BCUT2D eigenvalue weighted by molar-refractivity contribution is 0.102. The Kier molecular flexibility index (Phi) is 3.54. The Labute approximate surface area is 143 Å². The van der Waals surface area contributed by atoms with Crippen molar-refractivity contribution in [2.45, 2.75) is 18.8 Å². The van der Waals surface area contributed by atoms with Crippen molar-refractivity contribution < 1.29 is 4.79 Å². The van der Waals surface area contributed by atoms with E-state index in [0.717, 1.165) is 24.1 Å². The largest absolute Gasteiger partial charge is 0.288 e. The van der Waals surface area contributed by atoms with Crippen LogP contribution in [0.25, 0.3) is 11.4 Å². The molecule has 8 nitrogen and oxygen atoms in total. The third-order valence-electron chi connectivity index (χ3n) is 4.12. The van der Waals surface area contributed by atoms with Gasteiger partial charge in [-0.1, -0.05) is 12.1 Å². The number of hydrogen-bond acceptors (Lipinski definition) is 5. The van der Waals surface area contributed by atoms with Crippen LogP contribution in [0.1, 0.15) is 40.5 Å². The van der Waals surface area contributed by atoms with Crippen LogP contribution in [0.2, 0.25) is 0 Å². The van der Waals surface area contributed by atoms with Crippen LogP contribution in [0.15, 0.2) is 30.3 Å². The maximum absolute atomic E-state index is 12.3. The first-order valence-electron chi connectivity index (χ1n) is 7.92. The lowest BCUT2D eigenvalue weighted by Crippen LogP contribution is -2.14. The number of hydrogen-bond donors (Lipinski definition) is 2. The minimum Gasteiger partial charge on any atom is -0.288 e. The predicted molar refractivity (Wildman–Crippen MR) is 89.7 cm³/mol. The second-order valence-corrected chi connectivity index (χ2v) is 6.01. The van der Waals surface area contributed by atoms with Crippen molar-refractivity contribution in [3.63, 3.8) is 0 Å². The molecule has 1 saturated carbocycles. The van der Waals surface area contributed by atoms with E-state index in [2.05, 4.69) is 31.7 Å². The van der Waals surface area contributed by atoms with E-state index < -0.39 is 0 Å². The molecular weight excluding hydrogens is 318 g/mol. The zero-order valence-electron chi connectivity index (χ0n) is 13.5. The van der Waals surface area contributed by atoms with Crippen LogP contribution in [-0.4, -0.2) is 30.9 Å². The van der Waals surface area contributed by atoms with Gasteiger partial charge in [0.2, 0.25) is 5.95 Å². The third kappa shape index (κ3) is 2.99. The van der Waals surface area contributed by atoms with Crippen LogP contribution in [0.3, 0.4) is 0 Å². The first-order chi connectivity index (χ1) is 12.1. The Morgan fingerprint density at radius 1 is 1.40 bits per heavy atom. The highest BCUT2D eigenvalue weighted by atomic mass is 16.2. The van der Waals surface area contributed by atoms with Gasteiger partial charge >= 0.3 is 0 Å². The molecule has 1 amide bonds. The van der Waals surface area contributed by atoms with Gasteiger partial charge in [-0.2, -0.15) is 15.3 Å². The molecule has 0 radical (unpaired) electrons. The average molecular weight is 333 g/mol. The van der Waals surface area contributed by atoms with Crippen LogP contribution < -0.4 is 5.32 Å². The Bertz CT molecular complexity index is 991. The van der Waals surface area contributed by atoms with E-state index in [4.69, 9.17) is 5.26 Å². The maximum atomic E-state index is 12.3. The zero-order chi connectivity index (χ0) is 17.4. The van der Waals surface area contributed by atoms with E-state index in [1.807, 2.05) is 19.2 Å². The second-order valence-electron chi connectivity index (χ2n) is 6.01. The van der Waals surface area contributed by atoms with Gasteiger partial charge in [0.15, 0.2) is 11.5 Å². The fourth-order valence-corrected chi connectivity index (χ4v) is 2.70. The van der Waals surface area contributed by atoms with Crippen molar-refractivity contribution in [1.82, 2.24) is 25.0 Å². The van der Waals surface area contributed by atoms with Gasteiger partial charge in [0, 0.05) is 24.2 Å². The maximum Gasteiger partial charge on any atom is 0.278 e. The number of aromatic nitrogens is 5. The molecule has 4 rings (SSSR count). The monoisotopic (exact) mass is 333 g/mol. The third-order valence-corrected chi connectivity index (χ3v) is 4.12. The molecule has 124 valence electrons. The molecule has 2 aromatic heterocycles. The van der Waals surface area contributed by atoms with Crippen LogP contribution in [0, 0.1) is 11.3 Å². The van der Waals surface area contributed by atoms with Crippen molar-refractivity contribution >= 4 is 11.9 Å². The number of nitrogens with one attached hydrogen (secondary N) is 2. The first kappa shape index (κ1) is 15.1. The molecule has 0 unspecified atom stereocenters.